The Morgan fingerprint density at radius 3 is 2.38 bits per heavy atom. The zero-order chi connectivity index (χ0) is 10.3. The molecule has 0 aliphatic rings. The van der Waals surface area contributed by atoms with E-state index >= 15 is 0 Å². The van der Waals surface area contributed by atoms with Crippen molar-refractivity contribution in [3.63, 3.8) is 0 Å². The molecular formula is C10H22N2O. The van der Waals surface area contributed by atoms with Gasteiger partial charge in [0, 0.05) is 19.0 Å². The summed E-state index contributed by atoms with van der Waals surface area (Å²) in [4.78, 5) is 11.2. The molecule has 2 N–H and O–H groups in total. The van der Waals surface area contributed by atoms with E-state index in [0.29, 0.717) is 18.4 Å². The number of amides is 1. The van der Waals surface area contributed by atoms with E-state index in [1.165, 1.54) is 0 Å². The highest BCUT2D eigenvalue weighted by molar-refractivity contribution is 5.75. The highest BCUT2D eigenvalue weighted by Gasteiger charge is 2.04. The van der Waals surface area contributed by atoms with Gasteiger partial charge in [0.1, 0.15) is 0 Å². The van der Waals surface area contributed by atoms with Crippen LogP contribution in [0.5, 0.6) is 0 Å². The molecule has 0 aliphatic heterocycles. The number of carbonyl (C=O) groups is 1. The van der Waals surface area contributed by atoms with Gasteiger partial charge in [0.2, 0.25) is 5.91 Å². The van der Waals surface area contributed by atoms with Crippen molar-refractivity contribution in [2.24, 2.45) is 5.92 Å². The second-order valence-electron chi connectivity index (χ2n) is 3.93. The molecule has 1 unspecified atom stereocenters. The summed E-state index contributed by atoms with van der Waals surface area (Å²) in [6, 6.07) is 0.472. The number of carbonyl (C=O) groups excluding carboxylic acids is 1. The molecule has 0 radical (unpaired) electrons. The Morgan fingerprint density at radius 1 is 1.31 bits per heavy atom. The van der Waals surface area contributed by atoms with Gasteiger partial charge in [0.05, 0.1) is 0 Å². The molecule has 0 heterocycles. The zero-order valence-electron chi connectivity index (χ0n) is 9.18. The number of nitrogens with one attached hydrogen (secondary N) is 2. The van der Waals surface area contributed by atoms with Crippen molar-refractivity contribution in [2.45, 2.75) is 39.7 Å². The quantitative estimate of drug-likeness (QED) is 0.653. The molecule has 0 fully saturated rings. The van der Waals surface area contributed by atoms with E-state index in [0.717, 1.165) is 13.0 Å². The van der Waals surface area contributed by atoms with Crippen LogP contribution in [0.25, 0.3) is 0 Å². The summed E-state index contributed by atoms with van der Waals surface area (Å²) >= 11 is 0. The van der Waals surface area contributed by atoms with E-state index in [1.54, 1.807) is 0 Å². The maximum atomic E-state index is 11.2. The Kier molecular flexibility index (Phi) is 6.59. The van der Waals surface area contributed by atoms with Crippen molar-refractivity contribution in [3.05, 3.63) is 0 Å². The van der Waals surface area contributed by atoms with Crippen LogP contribution in [0.1, 0.15) is 33.6 Å². The molecule has 3 nitrogen and oxygen atoms in total. The fourth-order valence-corrected chi connectivity index (χ4v) is 1.02. The SMILES string of the molecule is CNC(C)CCNC(=O)CC(C)C. The fourth-order valence-electron chi connectivity index (χ4n) is 1.02. The first-order valence-electron chi connectivity index (χ1n) is 5.00. The van der Waals surface area contributed by atoms with Crippen LogP contribution in [-0.4, -0.2) is 25.5 Å². The van der Waals surface area contributed by atoms with Crippen molar-refractivity contribution >= 4 is 5.91 Å². The van der Waals surface area contributed by atoms with E-state index in [9.17, 15) is 4.79 Å². The third kappa shape index (κ3) is 7.78. The lowest BCUT2D eigenvalue weighted by molar-refractivity contribution is -0.121. The Labute approximate surface area is 81.3 Å². The van der Waals surface area contributed by atoms with Crippen LogP contribution in [0, 0.1) is 5.92 Å². The van der Waals surface area contributed by atoms with E-state index in [2.05, 4.69) is 31.4 Å². The van der Waals surface area contributed by atoms with Gasteiger partial charge in [-0.05, 0) is 26.3 Å². The summed E-state index contributed by atoms with van der Waals surface area (Å²) in [6.07, 6.45) is 1.62. The number of hydrogen-bond donors (Lipinski definition) is 2. The molecule has 0 aromatic carbocycles. The highest BCUT2D eigenvalue weighted by Crippen LogP contribution is 1.98. The molecule has 13 heavy (non-hydrogen) atoms. The van der Waals surface area contributed by atoms with Gasteiger partial charge in [-0.3, -0.25) is 4.79 Å². The average molecular weight is 186 g/mol. The molecule has 0 aromatic rings. The lowest BCUT2D eigenvalue weighted by atomic mass is 10.1. The third-order valence-electron chi connectivity index (χ3n) is 1.99. The van der Waals surface area contributed by atoms with Gasteiger partial charge < -0.3 is 10.6 Å². The molecule has 1 amide bonds. The predicted octanol–water partition coefficient (Wildman–Crippen LogP) is 1.15. The first kappa shape index (κ1) is 12.4. The van der Waals surface area contributed by atoms with Crippen LogP contribution in [0.4, 0.5) is 0 Å². The van der Waals surface area contributed by atoms with Crippen molar-refractivity contribution in [2.75, 3.05) is 13.6 Å². The minimum atomic E-state index is 0.165. The van der Waals surface area contributed by atoms with E-state index in [1.807, 2.05) is 7.05 Å². The smallest absolute Gasteiger partial charge is 0.220 e. The van der Waals surface area contributed by atoms with Crippen molar-refractivity contribution < 1.29 is 4.79 Å². The summed E-state index contributed by atoms with van der Waals surface area (Å²) in [7, 11) is 1.93. The zero-order valence-corrected chi connectivity index (χ0v) is 9.18. The summed E-state index contributed by atoms with van der Waals surface area (Å²) in [5, 5.41) is 6.03. The molecule has 0 saturated carbocycles. The van der Waals surface area contributed by atoms with Gasteiger partial charge in [0.25, 0.3) is 0 Å². The molecule has 0 rings (SSSR count). The highest BCUT2D eigenvalue weighted by atomic mass is 16.1. The van der Waals surface area contributed by atoms with Gasteiger partial charge in [-0.1, -0.05) is 13.8 Å². The van der Waals surface area contributed by atoms with Gasteiger partial charge in [-0.25, -0.2) is 0 Å². The van der Waals surface area contributed by atoms with E-state index < -0.39 is 0 Å². The molecule has 0 bridgehead atoms. The van der Waals surface area contributed by atoms with Crippen molar-refractivity contribution in [1.29, 1.82) is 0 Å². The van der Waals surface area contributed by atoms with Crippen LogP contribution in [0.3, 0.4) is 0 Å². The first-order chi connectivity index (χ1) is 6.06. The third-order valence-corrected chi connectivity index (χ3v) is 1.99. The van der Waals surface area contributed by atoms with E-state index in [4.69, 9.17) is 0 Å². The molecule has 1 atom stereocenters. The fraction of sp³-hybridized carbons (Fsp3) is 0.900. The first-order valence-corrected chi connectivity index (χ1v) is 5.00. The van der Waals surface area contributed by atoms with Crippen LogP contribution in [0.15, 0.2) is 0 Å². The summed E-state index contributed by atoms with van der Waals surface area (Å²) < 4.78 is 0. The van der Waals surface area contributed by atoms with Crippen LogP contribution >= 0.6 is 0 Å². The molecule has 78 valence electrons. The molecule has 0 saturated heterocycles. The van der Waals surface area contributed by atoms with Crippen LogP contribution in [0.2, 0.25) is 0 Å². The average Bonchev–Trinajstić information content (AvgIpc) is 2.02. The number of hydrogen-bond acceptors (Lipinski definition) is 2. The lowest BCUT2D eigenvalue weighted by Crippen LogP contribution is -2.31. The van der Waals surface area contributed by atoms with Crippen molar-refractivity contribution in [3.8, 4) is 0 Å². The lowest BCUT2D eigenvalue weighted by Gasteiger charge is -2.11. The largest absolute Gasteiger partial charge is 0.356 e. The van der Waals surface area contributed by atoms with Crippen LogP contribution < -0.4 is 10.6 Å². The Bertz CT molecular complexity index is 146. The molecule has 0 aromatic heterocycles. The summed E-state index contributed by atoms with van der Waals surface area (Å²) in [6.45, 7) is 6.98. The van der Waals surface area contributed by atoms with Crippen molar-refractivity contribution in [1.82, 2.24) is 10.6 Å². The minimum Gasteiger partial charge on any atom is -0.356 e. The van der Waals surface area contributed by atoms with Gasteiger partial charge in [-0.15, -0.1) is 0 Å². The molecule has 0 aliphatic carbocycles. The second kappa shape index (κ2) is 6.89. The topological polar surface area (TPSA) is 41.1 Å². The Morgan fingerprint density at radius 2 is 1.92 bits per heavy atom. The molecular weight excluding hydrogens is 164 g/mol. The predicted molar refractivity (Wildman–Crippen MR) is 55.6 cm³/mol. The monoisotopic (exact) mass is 186 g/mol. The summed E-state index contributed by atoms with van der Waals surface area (Å²) in [5.41, 5.74) is 0. The van der Waals surface area contributed by atoms with E-state index in [-0.39, 0.29) is 5.91 Å². The maximum Gasteiger partial charge on any atom is 0.220 e. The van der Waals surface area contributed by atoms with Gasteiger partial charge in [-0.2, -0.15) is 0 Å². The molecule has 0 spiro atoms. The van der Waals surface area contributed by atoms with Crippen LogP contribution in [-0.2, 0) is 4.79 Å². The maximum absolute atomic E-state index is 11.2. The Balaban J connectivity index is 3.37. The van der Waals surface area contributed by atoms with Gasteiger partial charge in [0.15, 0.2) is 0 Å². The normalized spacial score (nSPS) is 13.0. The number of rotatable bonds is 6. The minimum absolute atomic E-state index is 0.165. The standard InChI is InChI=1S/C10H22N2O/c1-8(2)7-10(13)12-6-5-9(3)11-4/h8-9,11H,5-7H2,1-4H3,(H,12,13). The van der Waals surface area contributed by atoms with Gasteiger partial charge >= 0.3 is 0 Å². The summed E-state index contributed by atoms with van der Waals surface area (Å²) in [5.74, 6) is 0.611. The Hall–Kier alpha value is -0.570. The second-order valence-corrected chi connectivity index (χ2v) is 3.93. The molecule has 3 heteroatoms.